The Hall–Kier alpha value is -0.570. The van der Waals surface area contributed by atoms with Crippen LogP contribution in [-0.4, -0.2) is 30.6 Å². The van der Waals surface area contributed by atoms with Crippen molar-refractivity contribution in [3.05, 3.63) is 35.4 Å². The molecule has 0 amide bonds. The van der Waals surface area contributed by atoms with Gasteiger partial charge in [-0.1, -0.05) is 29.8 Å². The quantitative estimate of drug-likeness (QED) is 0.895. The molecule has 0 atom stereocenters. The molecule has 1 saturated carbocycles. The second-order valence-electron chi connectivity index (χ2n) is 6.39. The number of nitrogens with zero attached hydrogens (tertiary/aromatic N) is 1. The van der Waals surface area contributed by atoms with Gasteiger partial charge in [-0.05, 0) is 63.7 Å². The highest BCUT2D eigenvalue weighted by atomic mass is 35.5. The van der Waals surface area contributed by atoms with Crippen molar-refractivity contribution >= 4 is 12.4 Å². The predicted molar refractivity (Wildman–Crippen MR) is 87.5 cm³/mol. The zero-order valence-electron chi connectivity index (χ0n) is 12.5. The summed E-state index contributed by atoms with van der Waals surface area (Å²) in [5.41, 5.74) is 2.81. The smallest absolute Gasteiger partial charge is 0.0233 e. The fourth-order valence-corrected chi connectivity index (χ4v) is 2.90. The van der Waals surface area contributed by atoms with Crippen molar-refractivity contribution in [3.63, 3.8) is 0 Å². The van der Waals surface area contributed by atoms with E-state index in [1.807, 2.05) is 0 Å². The summed E-state index contributed by atoms with van der Waals surface area (Å²) in [7, 11) is 0. The first-order valence-corrected chi connectivity index (χ1v) is 7.81. The van der Waals surface area contributed by atoms with Gasteiger partial charge >= 0.3 is 0 Å². The third kappa shape index (κ3) is 4.76. The number of piperidine rings is 1. The highest BCUT2D eigenvalue weighted by Gasteiger charge is 2.24. The molecule has 1 aliphatic heterocycles. The van der Waals surface area contributed by atoms with Crippen LogP contribution in [0.2, 0.25) is 0 Å². The Labute approximate surface area is 129 Å². The van der Waals surface area contributed by atoms with E-state index in [2.05, 4.69) is 41.4 Å². The van der Waals surface area contributed by atoms with Gasteiger partial charge in [-0.2, -0.15) is 0 Å². The molecule has 0 aromatic heterocycles. The van der Waals surface area contributed by atoms with Crippen molar-refractivity contribution < 1.29 is 0 Å². The van der Waals surface area contributed by atoms with Gasteiger partial charge in [-0.25, -0.2) is 0 Å². The lowest BCUT2D eigenvalue weighted by Crippen LogP contribution is -2.42. The molecule has 0 unspecified atom stereocenters. The SMILES string of the molecule is Cc1ccc(CN2CCC(NCC3CC3)CC2)cc1.Cl. The molecule has 2 nitrogen and oxygen atoms in total. The molecule has 1 aromatic carbocycles. The Kier molecular flexibility index (Phi) is 5.88. The molecule has 3 heteroatoms. The first-order chi connectivity index (χ1) is 9.29. The number of aryl methyl sites for hydroxylation is 1. The van der Waals surface area contributed by atoms with E-state index in [0.29, 0.717) is 0 Å². The van der Waals surface area contributed by atoms with Gasteiger partial charge in [0.1, 0.15) is 0 Å². The molecule has 3 rings (SSSR count). The second-order valence-corrected chi connectivity index (χ2v) is 6.39. The molecule has 0 bridgehead atoms. The molecule has 2 fully saturated rings. The molecular weight excluding hydrogens is 268 g/mol. The van der Waals surface area contributed by atoms with Crippen molar-refractivity contribution in [3.8, 4) is 0 Å². The van der Waals surface area contributed by atoms with E-state index in [1.165, 1.54) is 56.4 Å². The number of halogens is 1. The Morgan fingerprint density at radius 2 is 1.70 bits per heavy atom. The van der Waals surface area contributed by atoms with E-state index in [4.69, 9.17) is 0 Å². The van der Waals surface area contributed by atoms with Crippen LogP contribution in [0, 0.1) is 12.8 Å². The van der Waals surface area contributed by atoms with E-state index >= 15 is 0 Å². The Balaban J connectivity index is 0.00000147. The normalized spacial score (nSPS) is 20.6. The number of hydrogen-bond acceptors (Lipinski definition) is 2. The molecule has 0 spiro atoms. The van der Waals surface area contributed by atoms with Crippen LogP contribution in [-0.2, 0) is 6.54 Å². The van der Waals surface area contributed by atoms with Crippen LogP contribution in [0.5, 0.6) is 0 Å². The monoisotopic (exact) mass is 294 g/mol. The van der Waals surface area contributed by atoms with Crippen molar-refractivity contribution in [1.29, 1.82) is 0 Å². The lowest BCUT2D eigenvalue weighted by molar-refractivity contribution is 0.190. The first kappa shape index (κ1) is 15.8. The van der Waals surface area contributed by atoms with Crippen LogP contribution in [0.15, 0.2) is 24.3 Å². The van der Waals surface area contributed by atoms with Crippen molar-refractivity contribution in [1.82, 2.24) is 10.2 Å². The van der Waals surface area contributed by atoms with Gasteiger partial charge < -0.3 is 5.32 Å². The summed E-state index contributed by atoms with van der Waals surface area (Å²) in [6, 6.07) is 9.76. The molecule has 112 valence electrons. The van der Waals surface area contributed by atoms with Gasteiger partial charge in [0.05, 0.1) is 0 Å². The topological polar surface area (TPSA) is 15.3 Å². The summed E-state index contributed by atoms with van der Waals surface area (Å²) in [6.07, 6.45) is 5.55. The summed E-state index contributed by atoms with van der Waals surface area (Å²) in [5, 5.41) is 3.75. The Bertz CT molecular complexity index is 392. The fourth-order valence-electron chi connectivity index (χ4n) is 2.90. The summed E-state index contributed by atoms with van der Waals surface area (Å²) >= 11 is 0. The molecule has 1 N–H and O–H groups in total. The molecule has 20 heavy (non-hydrogen) atoms. The van der Waals surface area contributed by atoms with E-state index in [-0.39, 0.29) is 12.4 Å². The molecule has 0 radical (unpaired) electrons. The van der Waals surface area contributed by atoms with Gasteiger partial charge in [0.2, 0.25) is 0 Å². The molecule has 2 aliphatic rings. The second kappa shape index (κ2) is 7.44. The maximum Gasteiger partial charge on any atom is 0.0233 e. The predicted octanol–water partition coefficient (Wildman–Crippen LogP) is 3.38. The minimum Gasteiger partial charge on any atom is -0.314 e. The van der Waals surface area contributed by atoms with Crippen LogP contribution in [0.25, 0.3) is 0 Å². The fraction of sp³-hybridized carbons (Fsp3) is 0.647. The zero-order valence-corrected chi connectivity index (χ0v) is 13.3. The van der Waals surface area contributed by atoms with Gasteiger partial charge in [-0.15, -0.1) is 12.4 Å². The summed E-state index contributed by atoms with van der Waals surface area (Å²) < 4.78 is 0. The molecule has 1 aliphatic carbocycles. The molecule has 1 heterocycles. The van der Waals surface area contributed by atoms with E-state index in [0.717, 1.165) is 18.5 Å². The van der Waals surface area contributed by atoms with Crippen LogP contribution < -0.4 is 5.32 Å². The minimum absolute atomic E-state index is 0. The average Bonchev–Trinajstić information content (AvgIpc) is 3.25. The highest BCUT2D eigenvalue weighted by molar-refractivity contribution is 5.85. The van der Waals surface area contributed by atoms with Gasteiger partial charge in [0.15, 0.2) is 0 Å². The van der Waals surface area contributed by atoms with E-state index < -0.39 is 0 Å². The van der Waals surface area contributed by atoms with Gasteiger partial charge in [0.25, 0.3) is 0 Å². The van der Waals surface area contributed by atoms with Crippen molar-refractivity contribution in [2.75, 3.05) is 19.6 Å². The van der Waals surface area contributed by atoms with E-state index in [9.17, 15) is 0 Å². The van der Waals surface area contributed by atoms with Crippen molar-refractivity contribution in [2.24, 2.45) is 5.92 Å². The van der Waals surface area contributed by atoms with Crippen molar-refractivity contribution in [2.45, 2.75) is 45.2 Å². The molecular formula is C17H27ClN2. The number of benzene rings is 1. The standard InChI is InChI=1S/C17H26N2.ClH/c1-14-2-4-16(5-3-14)13-19-10-8-17(9-11-19)18-12-15-6-7-15;/h2-5,15,17-18H,6-13H2,1H3;1H. The minimum atomic E-state index is 0. The van der Waals surface area contributed by atoms with Crippen LogP contribution in [0.4, 0.5) is 0 Å². The number of likely N-dealkylation sites (tertiary alicyclic amines) is 1. The van der Waals surface area contributed by atoms with Gasteiger partial charge in [-0.3, -0.25) is 4.90 Å². The zero-order chi connectivity index (χ0) is 13.1. The van der Waals surface area contributed by atoms with Crippen LogP contribution in [0.1, 0.15) is 36.8 Å². The molecule has 1 saturated heterocycles. The maximum absolute atomic E-state index is 3.75. The lowest BCUT2D eigenvalue weighted by atomic mass is 10.0. The largest absolute Gasteiger partial charge is 0.314 e. The average molecular weight is 295 g/mol. The Morgan fingerprint density at radius 1 is 1.05 bits per heavy atom. The van der Waals surface area contributed by atoms with Crippen LogP contribution >= 0.6 is 12.4 Å². The number of nitrogens with one attached hydrogen (secondary N) is 1. The van der Waals surface area contributed by atoms with Crippen LogP contribution in [0.3, 0.4) is 0 Å². The third-order valence-corrected chi connectivity index (χ3v) is 4.51. The highest BCUT2D eigenvalue weighted by Crippen LogP contribution is 2.28. The Morgan fingerprint density at radius 3 is 2.30 bits per heavy atom. The third-order valence-electron chi connectivity index (χ3n) is 4.51. The summed E-state index contributed by atoms with van der Waals surface area (Å²) in [4.78, 5) is 2.60. The number of hydrogen-bond donors (Lipinski definition) is 1. The first-order valence-electron chi connectivity index (χ1n) is 7.81. The maximum atomic E-state index is 3.75. The number of rotatable bonds is 5. The van der Waals surface area contributed by atoms with E-state index in [1.54, 1.807) is 0 Å². The summed E-state index contributed by atoms with van der Waals surface area (Å²) in [5.74, 6) is 1.01. The molecule has 1 aromatic rings. The van der Waals surface area contributed by atoms with Gasteiger partial charge in [0, 0.05) is 12.6 Å². The summed E-state index contributed by atoms with van der Waals surface area (Å²) in [6.45, 7) is 7.03. The lowest BCUT2D eigenvalue weighted by Gasteiger charge is -2.32.